The third kappa shape index (κ3) is 5.15. The molecule has 172 valence electrons. The Balaban J connectivity index is 1.42. The highest BCUT2D eigenvalue weighted by Gasteiger charge is 2.35. The molecule has 0 radical (unpaired) electrons. The third-order valence-corrected chi connectivity index (χ3v) is 6.88. The van der Waals surface area contributed by atoms with Crippen LogP contribution >= 0.6 is 11.6 Å². The molecule has 1 aromatic heterocycles. The average molecular weight is 457 g/mol. The highest BCUT2D eigenvalue weighted by Crippen LogP contribution is 2.27. The van der Waals surface area contributed by atoms with Crippen LogP contribution in [0.15, 0.2) is 30.5 Å². The van der Waals surface area contributed by atoms with E-state index in [2.05, 4.69) is 58.8 Å². The van der Waals surface area contributed by atoms with Crippen LogP contribution in [-0.2, 0) is 6.54 Å². The van der Waals surface area contributed by atoms with Crippen LogP contribution in [0.1, 0.15) is 63.6 Å². The Morgan fingerprint density at radius 1 is 1.22 bits per heavy atom. The number of hydrogen-bond acceptors (Lipinski definition) is 5. The smallest absolute Gasteiger partial charge is 0.323 e. The molecule has 2 fully saturated rings. The number of amides is 2. The Labute approximate surface area is 195 Å². The van der Waals surface area contributed by atoms with E-state index in [1.807, 2.05) is 6.07 Å². The quantitative estimate of drug-likeness (QED) is 0.526. The fraction of sp³-hybridized carbons (Fsp3) is 0.542. The molecule has 1 aliphatic heterocycles. The molecule has 3 N–H and O–H groups in total. The van der Waals surface area contributed by atoms with Crippen molar-refractivity contribution in [3.05, 3.63) is 46.6 Å². The number of benzene rings is 1. The largest absolute Gasteiger partial charge is 0.348 e. The number of rotatable bonds is 8. The molecule has 32 heavy (non-hydrogen) atoms. The normalized spacial score (nSPS) is 20.1. The molecule has 1 aliphatic carbocycles. The summed E-state index contributed by atoms with van der Waals surface area (Å²) in [4.78, 5) is 23.1. The number of urea groups is 1. The van der Waals surface area contributed by atoms with E-state index < -0.39 is 0 Å². The molecule has 8 heteroatoms. The monoisotopic (exact) mass is 456 g/mol. The van der Waals surface area contributed by atoms with Gasteiger partial charge >= 0.3 is 6.03 Å². The van der Waals surface area contributed by atoms with Crippen molar-refractivity contribution >= 4 is 29.4 Å². The first-order chi connectivity index (χ1) is 15.4. The molecular formula is C24H33ClN6O. The lowest BCUT2D eigenvalue weighted by atomic mass is 10.0. The molecule has 4 rings (SSSR count). The molecule has 1 aromatic carbocycles. The van der Waals surface area contributed by atoms with Crippen LogP contribution in [0.2, 0.25) is 5.02 Å². The van der Waals surface area contributed by atoms with Crippen molar-refractivity contribution < 1.29 is 4.79 Å². The van der Waals surface area contributed by atoms with Gasteiger partial charge in [-0.3, -0.25) is 4.90 Å². The fourth-order valence-electron chi connectivity index (χ4n) is 4.52. The van der Waals surface area contributed by atoms with Gasteiger partial charge < -0.3 is 16.0 Å². The number of aromatic nitrogens is 2. The molecule has 2 atom stereocenters. The van der Waals surface area contributed by atoms with Crippen molar-refractivity contribution in [2.24, 2.45) is 5.92 Å². The SMILES string of the molecule is CC(Nc1nccc(N2C(=O)NC[C@@H]2C(C)C)n1)c1ccc(CNC2CCCC2)c(Cl)c1. The van der Waals surface area contributed by atoms with Crippen LogP contribution < -0.4 is 20.9 Å². The maximum atomic E-state index is 12.4. The van der Waals surface area contributed by atoms with E-state index >= 15 is 0 Å². The van der Waals surface area contributed by atoms with Gasteiger partial charge in [0.05, 0.1) is 12.1 Å². The lowest BCUT2D eigenvalue weighted by Crippen LogP contribution is -2.38. The van der Waals surface area contributed by atoms with Crippen LogP contribution in [0, 0.1) is 5.92 Å². The number of anilines is 2. The van der Waals surface area contributed by atoms with E-state index in [1.54, 1.807) is 17.2 Å². The second-order valence-corrected chi connectivity index (χ2v) is 9.59. The van der Waals surface area contributed by atoms with Crippen LogP contribution in [0.5, 0.6) is 0 Å². The van der Waals surface area contributed by atoms with E-state index in [-0.39, 0.29) is 18.1 Å². The molecule has 2 aromatic rings. The summed E-state index contributed by atoms with van der Waals surface area (Å²) in [5.74, 6) is 1.41. The van der Waals surface area contributed by atoms with Crippen molar-refractivity contribution in [3.8, 4) is 0 Å². The number of halogens is 1. The average Bonchev–Trinajstić information content (AvgIpc) is 3.42. The summed E-state index contributed by atoms with van der Waals surface area (Å²) in [5.41, 5.74) is 2.18. The highest BCUT2D eigenvalue weighted by molar-refractivity contribution is 6.31. The van der Waals surface area contributed by atoms with Crippen molar-refractivity contribution in [1.82, 2.24) is 20.6 Å². The number of hydrogen-bond donors (Lipinski definition) is 3. The number of carbonyl (C=O) groups is 1. The zero-order valence-corrected chi connectivity index (χ0v) is 19.8. The van der Waals surface area contributed by atoms with E-state index in [1.165, 1.54) is 25.7 Å². The first-order valence-corrected chi connectivity index (χ1v) is 12.0. The summed E-state index contributed by atoms with van der Waals surface area (Å²) >= 11 is 6.58. The highest BCUT2D eigenvalue weighted by atomic mass is 35.5. The van der Waals surface area contributed by atoms with Crippen molar-refractivity contribution in [2.75, 3.05) is 16.8 Å². The summed E-state index contributed by atoms with van der Waals surface area (Å²) in [5, 5.41) is 10.6. The maximum absolute atomic E-state index is 12.4. The van der Waals surface area contributed by atoms with Gasteiger partial charge in [-0.1, -0.05) is 50.4 Å². The van der Waals surface area contributed by atoms with E-state index in [9.17, 15) is 4.79 Å². The summed E-state index contributed by atoms with van der Waals surface area (Å²) < 4.78 is 0. The molecule has 2 aliphatic rings. The lowest BCUT2D eigenvalue weighted by molar-refractivity contribution is 0.251. The molecule has 7 nitrogen and oxygen atoms in total. The zero-order chi connectivity index (χ0) is 22.7. The van der Waals surface area contributed by atoms with Crippen molar-refractivity contribution in [1.29, 1.82) is 0 Å². The van der Waals surface area contributed by atoms with E-state index in [0.717, 1.165) is 22.7 Å². The Hall–Kier alpha value is -2.38. The molecule has 2 amide bonds. The van der Waals surface area contributed by atoms with Gasteiger partial charge in [-0.15, -0.1) is 0 Å². The topological polar surface area (TPSA) is 82.2 Å². The second-order valence-electron chi connectivity index (χ2n) is 9.19. The summed E-state index contributed by atoms with van der Waals surface area (Å²) in [6, 6.07) is 8.52. The molecule has 0 spiro atoms. The van der Waals surface area contributed by atoms with Crippen LogP contribution in [0.25, 0.3) is 0 Å². The minimum atomic E-state index is -0.116. The lowest BCUT2D eigenvalue weighted by Gasteiger charge is -2.25. The molecule has 1 saturated heterocycles. The van der Waals surface area contributed by atoms with Crippen molar-refractivity contribution in [3.63, 3.8) is 0 Å². The fourth-order valence-corrected chi connectivity index (χ4v) is 4.77. The Kier molecular flexibility index (Phi) is 7.16. The predicted molar refractivity (Wildman–Crippen MR) is 129 cm³/mol. The Morgan fingerprint density at radius 2 is 2.00 bits per heavy atom. The molecule has 2 heterocycles. The molecule has 1 saturated carbocycles. The minimum Gasteiger partial charge on any atom is -0.348 e. The van der Waals surface area contributed by atoms with Gasteiger partial charge in [0.1, 0.15) is 5.82 Å². The first-order valence-electron chi connectivity index (χ1n) is 11.6. The number of carbonyl (C=O) groups excluding carboxylic acids is 1. The summed E-state index contributed by atoms with van der Waals surface area (Å²) in [6.07, 6.45) is 6.83. The number of nitrogens with zero attached hydrogens (tertiary/aromatic N) is 3. The van der Waals surface area contributed by atoms with Gasteiger partial charge in [0.2, 0.25) is 5.95 Å². The first kappa shape index (κ1) is 22.8. The molecule has 1 unspecified atom stereocenters. The van der Waals surface area contributed by atoms with Gasteiger partial charge in [0, 0.05) is 30.4 Å². The predicted octanol–water partition coefficient (Wildman–Crippen LogP) is 4.89. The van der Waals surface area contributed by atoms with E-state index in [4.69, 9.17) is 11.6 Å². The summed E-state index contributed by atoms with van der Waals surface area (Å²) in [7, 11) is 0. The van der Waals surface area contributed by atoms with Crippen LogP contribution in [0.3, 0.4) is 0 Å². The second kappa shape index (κ2) is 10.0. The summed E-state index contributed by atoms with van der Waals surface area (Å²) in [6.45, 7) is 7.69. The molecular weight excluding hydrogens is 424 g/mol. The van der Waals surface area contributed by atoms with Gasteiger partial charge in [-0.2, -0.15) is 4.98 Å². The Bertz CT molecular complexity index is 946. The number of nitrogens with one attached hydrogen (secondary N) is 3. The van der Waals surface area contributed by atoms with Gasteiger partial charge in [-0.05, 0) is 48.9 Å². The van der Waals surface area contributed by atoms with Crippen LogP contribution in [-0.4, -0.2) is 34.6 Å². The zero-order valence-electron chi connectivity index (χ0n) is 19.1. The van der Waals surface area contributed by atoms with Crippen molar-refractivity contribution in [2.45, 2.75) is 71.1 Å². The maximum Gasteiger partial charge on any atom is 0.323 e. The molecule has 0 bridgehead atoms. The van der Waals surface area contributed by atoms with Gasteiger partial charge in [0.25, 0.3) is 0 Å². The van der Waals surface area contributed by atoms with E-state index in [0.29, 0.717) is 30.3 Å². The standard InChI is InChI=1S/C24H33ClN6O/c1-15(2)21-14-28-24(32)31(21)22-10-11-26-23(30-22)29-16(3)17-8-9-18(20(25)12-17)13-27-19-6-4-5-7-19/h8-12,15-16,19,21,27H,4-7,13-14H2,1-3H3,(H,28,32)(H,26,29,30)/t16?,21-/m1/s1. The minimum absolute atomic E-state index is 0.0344. The third-order valence-electron chi connectivity index (χ3n) is 6.53. The Morgan fingerprint density at radius 3 is 2.72 bits per heavy atom. The van der Waals surface area contributed by atoms with Gasteiger partial charge in [-0.25, -0.2) is 9.78 Å². The van der Waals surface area contributed by atoms with Gasteiger partial charge in [0.15, 0.2) is 0 Å². The van der Waals surface area contributed by atoms with Crippen LogP contribution in [0.4, 0.5) is 16.6 Å².